The number of benzene rings is 3. The zero-order valence-electron chi connectivity index (χ0n) is 23.4. The van der Waals surface area contributed by atoms with Gasteiger partial charge in [0.1, 0.15) is 12.4 Å². The monoisotopic (exact) mass is 581 g/mol. The summed E-state index contributed by atoms with van der Waals surface area (Å²) in [6.45, 7) is 2.17. The molecule has 43 heavy (non-hydrogen) atoms. The van der Waals surface area contributed by atoms with Crippen molar-refractivity contribution in [3.63, 3.8) is 0 Å². The Kier molecular flexibility index (Phi) is 8.96. The summed E-state index contributed by atoms with van der Waals surface area (Å²) in [5.74, 6) is -0.0590. The molecule has 220 valence electrons. The number of alkyl carbamates (subject to hydrolysis) is 1. The molecule has 12 heteroatoms. The van der Waals surface area contributed by atoms with Crippen molar-refractivity contribution in [2.24, 2.45) is 0 Å². The second-order valence-corrected chi connectivity index (χ2v) is 9.99. The van der Waals surface area contributed by atoms with Crippen LogP contribution >= 0.6 is 0 Å². The minimum atomic E-state index is -1.12. The van der Waals surface area contributed by atoms with Crippen molar-refractivity contribution in [1.82, 2.24) is 24.8 Å². The van der Waals surface area contributed by atoms with Gasteiger partial charge < -0.3 is 30.8 Å². The van der Waals surface area contributed by atoms with Crippen molar-refractivity contribution in [3.8, 4) is 0 Å². The molecule has 1 amide bonds. The molecule has 0 radical (unpaired) electrons. The van der Waals surface area contributed by atoms with E-state index in [-0.39, 0.29) is 13.2 Å². The Morgan fingerprint density at radius 3 is 2.47 bits per heavy atom. The number of fused-ring (bicyclic) bond motifs is 1. The number of nitrogens with one attached hydrogen (secondary N) is 4. The lowest BCUT2D eigenvalue weighted by Gasteiger charge is -2.19. The van der Waals surface area contributed by atoms with Crippen molar-refractivity contribution in [3.05, 3.63) is 112 Å². The fourth-order valence-electron chi connectivity index (χ4n) is 4.49. The topological polar surface area (TPSA) is 163 Å². The Balaban J connectivity index is 1.17. The maximum absolute atomic E-state index is 12.8. The van der Waals surface area contributed by atoms with Crippen LogP contribution in [0.15, 0.2) is 89.9 Å². The predicted molar refractivity (Wildman–Crippen MR) is 162 cm³/mol. The Morgan fingerprint density at radius 1 is 0.977 bits per heavy atom. The largest absolute Gasteiger partial charge is 0.481 e. The number of H-pyrrole nitrogens is 1. The third-order valence-corrected chi connectivity index (χ3v) is 6.61. The smallest absolute Gasteiger partial charge is 0.407 e. The normalized spacial score (nSPS) is 11.6. The van der Waals surface area contributed by atoms with E-state index in [0.717, 1.165) is 27.8 Å². The number of aromatic amines is 1. The molecule has 2 aromatic heterocycles. The lowest BCUT2D eigenvalue weighted by molar-refractivity contribution is -0.137. The molecule has 0 saturated heterocycles. The molecule has 0 bridgehead atoms. The van der Waals surface area contributed by atoms with Gasteiger partial charge in [-0.3, -0.25) is 9.36 Å². The van der Waals surface area contributed by atoms with Crippen LogP contribution in [0.4, 0.5) is 22.2 Å². The number of aliphatic carboxylic acids is 1. The summed E-state index contributed by atoms with van der Waals surface area (Å²) in [4.78, 5) is 48.5. The average molecular weight is 582 g/mol. The maximum Gasteiger partial charge on any atom is 0.407 e. The number of aromatic nitrogens is 4. The second kappa shape index (κ2) is 13.3. The Hall–Kier alpha value is -5.65. The minimum absolute atomic E-state index is 0.0357. The van der Waals surface area contributed by atoms with Gasteiger partial charge in [0.25, 0.3) is 0 Å². The van der Waals surface area contributed by atoms with Crippen molar-refractivity contribution in [1.29, 1.82) is 0 Å². The summed E-state index contributed by atoms with van der Waals surface area (Å²) in [7, 11) is 0. The van der Waals surface area contributed by atoms with Crippen LogP contribution < -0.4 is 21.6 Å². The Morgan fingerprint density at radius 2 is 1.72 bits per heavy atom. The summed E-state index contributed by atoms with van der Waals surface area (Å²) < 4.78 is 6.49. The minimum Gasteiger partial charge on any atom is -0.481 e. The highest BCUT2D eigenvalue weighted by Crippen LogP contribution is 2.19. The zero-order valence-corrected chi connectivity index (χ0v) is 23.4. The number of nitrogens with zero attached hydrogens (tertiary/aromatic N) is 3. The van der Waals surface area contributed by atoms with Gasteiger partial charge in [0.2, 0.25) is 5.95 Å². The van der Waals surface area contributed by atoms with Crippen LogP contribution in [-0.2, 0) is 29.2 Å². The van der Waals surface area contributed by atoms with E-state index in [1.807, 2.05) is 78.9 Å². The number of para-hydroxylation sites is 2. The van der Waals surface area contributed by atoms with Crippen molar-refractivity contribution in [2.45, 2.75) is 39.1 Å². The maximum atomic E-state index is 12.8. The number of amides is 1. The molecule has 0 saturated carbocycles. The van der Waals surface area contributed by atoms with Gasteiger partial charge in [0.05, 0.1) is 23.5 Å². The number of carbonyl (C=O) groups excluding carboxylic acids is 1. The summed E-state index contributed by atoms with van der Waals surface area (Å²) in [6, 6.07) is 23.8. The third-order valence-electron chi connectivity index (χ3n) is 6.61. The molecule has 5 rings (SSSR count). The van der Waals surface area contributed by atoms with Gasteiger partial charge in [-0.1, -0.05) is 54.6 Å². The molecular formula is C31H31N7O5. The summed E-state index contributed by atoms with van der Waals surface area (Å²) in [5, 5.41) is 18.3. The van der Waals surface area contributed by atoms with Gasteiger partial charge in [0, 0.05) is 30.5 Å². The number of imidazole rings is 1. The van der Waals surface area contributed by atoms with E-state index < -0.39 is 30.2 Å². The first-order chi connectivity index (χ1) is 20.8. The second-order valence-electron chi connectivity index (χ2n) is 9.99. The van der Waals surface area contributed by atoms with Gasteiger partial charge in [-0.05, 0) is 42.3 Å². The average Bonchev–Trinajstić information content (AvgIpc) is 3.40. The van der Waals surface area contributed by atoms with Gasteiger partial charge >= 0.3 is 17.8 Å². The highest BCUT2D eigenvalue weighted by atomic mass is 16.5. The molecule has 3 aromatic carbocycles. The highest BCUT2D eigenvalue weighted by molar-refractivity contribution is 5.78. The molecule has 0 spiro atoms. The van der Waals surface area contributed by atoms with E-state index >= 15 is 0 Å². The lowest BCUT2D eigenvalue weighted by atomic mass is 10.2. The van der Waals surface area contributed by atoms with Gasteiger partial charge in [0.15, 0.2) is 0 Å². The van der Waals surface area contributed by atoms with Crippen molar-refractivity contribution >= 4 is 40.5 Å². The number of ether oxygens (including phenoxy) is 1. The number of aryl methyl sites for hydroxylation is 1. The van der Waals surface area contributed by atoms with Crippen LogP contribution in [0.5, 0.6) is 0 Å². The molecule has 0 aliphatic heterocycles. The zero-order chi connectivity index (χ0) is 30.2. The first kappa shape index (κ1) is 28.9. The molecule has 12 nitrogen and oxygen atoms in total. The van der Waals surface area contributed by atoms with E-state index in [4.69, 9.17) is 4.74 Å². The summed E-state index contributed by atoms with van der Waals surface area (Å²) in [5.41, 5.74) is 4.57. The molecular weight excluding hydrogens is 550 g/mol. The SMILES string of the molecule is Cc1cn(CC(CC(=O)O)NC(=O)OCc2ccccc2)c(=O)nc1NCc1ccc(Nc2nc3ccccc3[nH]2)cc1. The van der Waals surface area contributed by atoms with Crippen molar-refractivity contribution in [2.75, 3.05) is 10.6 Å². The van der Waals surface area contributed by atoms with E-state index in [2.05, 4.69) is 30.9 Å². The highest BCUT2D eigenvalue weighted by Gasteiger charge is 2.19. The number of anilines is 3. The first-order valence-corrected chi connectivity index (χ1v) is 13.6. The molecule has 2 heterocycles. The Labute approximate surface area is 246 Å². The fourth-order valence-corrected chi connectivity index (χ4v) is 4.49. The molecule has 5 N–H and O–H groups in total. The number of hydrogen-bond donors (Lipinski definition) is 5. The van der Waals surface area contributed by atoms with Crippen molar-refractivity contribution < 1.29 is 19.4 Å². The van der Waals surface area contributed by atoms with E-state index in [1.165, 1.54) is 4.57 Å². The number of carboxylic acid groups (broad SMARTS) is 1. The standard InChI is InChI=1S/C31H31N7O5/c1-20-17-38(18-24(15-27(39)40)34-31(42)43-19-22-7-3-2-4-8-22)30(41)37-28(20)32-16-21-11-13-23(14-12-21)33-29-35-25-9-5-6-10-26(25)36-29/h2-14,17,24H,15-16,18-19H2,1H3,(H,34,42)(H,39,40)(H,32,37,41)(H2,33,35,36). The van der Waals surface area contributed by atoms with Crippen LogP contribution in [-0.4, -0.2) is 42.7 Å². The van der Waals surface area contributed by atoms with E-state index in [9.17, 15) is 19.5 Å². The van der Waals surface area contributed by atoms with Crippen LogP contribution in [0.25, 0.3) is 11.0 Å². The van der Waals surface area contributed by atoms with Crippen LogP contribution in [0.3, 0.4) is 0 Å². The number of hydrogen-bond acceptors (Lipinski definition) is 8. The molecule has 0 fully saturated rings. The number of carbonyl (C=O) groups is 2. The van der Waals surface area contributed by atoms with Gasteiger partial charge in [-0.2, -0.15) is 4.98 Å². The molecule has 0 aliphatic carbocycles. The molecule has 1 unspecified atom stereocenters. The lowest BCUT2D eigenvalue weighted by Crippen LogP contribution is -2.42. The Bertz CT molecular complexity index is 1730. The van der Waals surface area contributed by atoms with Crippen LogP contribution in [0, 0.1) is 6.92 Å². The van der Waals surface area contributed by atoms with Gasteiger partial charge in [-0.25, -0.2) is 14.6 Å². The molecule has 5 aromatic rings. The predicted octanol–water partition coefficient (Wildman–Crippen LogP) is 4.55. The van der Waals surface area contributed by atoms with Crippen LogP contribution in [0.1, 0.15) is 23.1 Å². The molecule has 0 aliphatic rings. The summed E-state index contributed by atoms with van der Waals surface area (Å²) >= 11 is 0. The van der Waals surface area contributed by atoms with E-state index in [0.29, 0.717) is 23.9 Å². The number of rotatable bonds is 12. The molecule has 1 atom stereocenters. The summed E-state index contributed by atoms with van der Waals surface area (Å²) in [6.07, 6.45) is 0.418. The quantitative estimate of drug-likeness (QED) is 0.142. The van der Waals surface area contributed by atoms with Gasteiger partial charge in [-0.15, -0.1) is 0 Å². The fraction of sp³-hybridized carbons (Fsp3) is 0.194. The van der Waals surface area contributed by atoms with E-state index in [1.54, 1.807) is 13.1 Å². The first-order valence-electron chi connectivity index (χ1n) is 13.6. The van der Waals surface area contributed by atoms with Crippen LogP contribution in [0.2, 0.25) is 0 Å². The number of carboxylic acids is 1. The third kappa shape index (κ3) is 7.97.